The molecule has 1 aromatic heterocycles. The normalized spacial score (nSPS) is 14.7. The molecule has 0 N–H and O–H groups in total. The van der Waals surface area contributed by atoms with Crippen LogP contribution in [0.25, 0.3) is 11.0 Å². The minimum Gasteiger partial charge on any atom is -0.323 e. The van der Waals surface area contributed by atoms with Gasteiger partial charge in [0.1, 0.15) is 17.2 Å². The molecule has 0 spiro atoms. The molecule has 0 aliphatic heterocycles. The van der Waals surface area contributed by atoms with Gasteiger partial charge in [0, 0.05) is 17.9 Å². The van der Waals surface area contributed by atoms with Gasteiger partial charge in [-0.1, -0.05) is 6.92 Å². The van der Waals surface area contributed by atoms with Crippen LogP contribution in [0.5, 0.6) is 0 Å². The standard InChI is InChI=1S/C14H17ClF2N2S/c1-4-10(7-20-3)19-12-6-9(16)5-11(17)13(12)18-14(19)8(2)15/h5-6,8,10H,4,7H2,1-3H3. The maximum atomic E-state index is 13.9. The molecule has 2 atom stereocenters. The molecule has 20 heavy (non-hydrogen) atoms. The molecule has 2 aromatic rings. The first-order chi connectivity index (χ1) is 9.49. The Balaban J connectivity index is 2.73. The van der Waals surface area contributed by atoms with Crippen LogP contribution in [-0.2, 0) is 0 Å². The van der Waals surface area contributed by atoms with Gasteiger partial charge in [-0.3, -0.25) is 0 Å². The van der Waals surface area contributed by atoms with E-state index >= 15 is 0 Å². The zero-order valence-electron chi connectivity index (χ0n) is 11.7. The van der Waals surface area contributed by atoms with E-state index in [1.807, 2.05) is 17.7 Å². The molecule has 0 aliphatic carbocycles. The highest BCUT2D eigenvalue weighted by Crippen LogP contribution is 2.32. The molecule has 0 bridgehead atoms. The molecule has 2 nitrogen and oxygen atoms in total. The fraction of sp³-hybridized carbons (Fsp3) is 0.500. The Morgan fingerprint density at radius 3 is 2.65 bits per heavy atom. The van der Waals surface area contributed by atoms with E-state index in [2.05, 4.69) is 4.98 Å². The van der Waals surface area contributed by atoms with E-state index in [9.17, 15) is 8.78 Å². The van der Waals surface area contributed by atoms with Crippen molar-refractivity contribution in [3.05, 3.63) is 29.6 Å². The number of hydrogen-bond acceptors (Lipinski definition) is 2. The Morgan fingerprint density at radius 1 is 1.40 bits per heavy atom. The molecule has 6 heteroatoms. The lowest BCUT2D eigenvalue weighted by atomic mass is 10.2. The van der Waals surface area contributed by atoms with Gasteiger partial charge in [-0.25, -0.2) is 13.8 Å². The van der Waals surface area contributed by atoms with Gasteiger partial charge in [0.25, 0.3) is 0 Å². The number of aromatic nitrogens is 2. The summed E-state index contributed by atoms with van der Waals surface area (Å²) >= 11 is 7.86. The third-order valence-electron chi connectivity index (χ3n) is 3.29. The van der Waals surface area contributed by atoms with E-state index < -0.39 is 11.6 Å². The zero-order chi connectivity index (χ0) is 14.9. The average Bonchev–Trinajstić information content (AvgIpc) is 2.75. The quantitative estimate of drug-likeness (QED) is 0.728. The van der Waals surface area contributed by atoms with Crippen LogP contribution in [-0.4, -0.2) is 21.6 Å². The third kappa shape index (κ3) is 2.79. The highest BCUT2D eigenvalue weighted by atomic mass is 35.5. The van der Waals surface area contributed by atoms with Gasteiger partial charge in [0.15, 0.2) is 5.82 Å². The molecule has 0 aliphatic rings. The molecule has 0 amide bonds. The monoisotopic (exact) mass is 318 g/mol. The summed E-state index contributed by atoms with van der Waals surface area (Å²) in [7, 11) is 0. The van der Waals surface area contributed by atoms with E-state index in [-0.39, 0.29) is 16.9 Å². The van der Waals surface area contributed by atoms with Crippen molar-refractivity contribution >= 4 is 34.4 Å². The number of benzene rings is 1. The molecule has 0 fully saturated rings. The van der Waals surface area contributed by atoms with Crippen LogP contribution >= 0.6 is 23.4 Å². The van der Waals surface area contributed by atoms with Crippen LogP contribution in [0.2, 0.25) is 0 Å². The van der Waals surface area contributed by atoms with Crippen LogP contribution < -0.4 is 0 Å². The minimum absolute atomic E-state index is 0.118. The van der Waals surface area contributed by atoms with E-state index in [0.29, 0.717) is 11.3 Å². The van der Waals surface area contributed by atoms with Crippen molar-refractivity contribution in [1.29, 1.82) is 0 Å². The fourth-order valence-corrected chi connectivity index (χ4v) is 3.29. The lowest BCUT2D eigenvalue weighted by Gasteiger charge is -2.20. The van der Waals surface area contributed by atoms with Gasteiger partial charge >= 0.3 is 0 Å². The Morgan fingerprint density at radius 2 is 2.10 bits per heavy atom. The summed E-state index contributed by atoms with van der Waals surface area (Å²) in [6.45, 7) is 3.84. The number of hydrogen-bond donors (Lipinski definition) is 0. The predicted octanol–water partition coefficient (Wildman–Crippen LogP) is 4.93. The van der Waals surface area contributed by atoms with E-state index in [1.54, 1.807) is 18.7 Å². The largest absolute Gasteiger partial charge is 0.323 e. The van der Waals surface area contributed by atoms with Crippen LogP contribution in [0.1, 0.15) is 37.5 Å². The number of alkyl halides is 1. The zero-order valence-corrected chi connectivity index (χ0v) is 13.2. The molecule has 2 rings (SSSR count). The summed E-state index contributed by atoms with van der Waals surface area (Å²) in [6, 6.07) is 2.31. The fourth-order valence-electron chi connectivity index (χ4n) is 2.37. The molecule has 0 radical (unpaired) electrons. The van der Waals surface area contributed by atoms with Gasteiger partial charge in [0.2, 0.25) is 0 Å². The van der Waals surface area contributed by atoms with Crippen molar-refractivity contribution in [1.82, 2.24) is 9.55 Å². The molecule has 0 saturated carbocycles. The van der Waals surface area contributed by atoms with Gasteiger partial charge in [0.05, 0.1) is 10.9 Å². The van der Waals surface area contributed by atoms with E-state index in [1.165, 1.54) is 6.07 Å². The first-order valence-corrected chi connectivity index (χ1v) is 8.32. The van der Waals surface area contributed by atoms with Crippen molar-refractivity contribution in [2.45, 2.75) is 31.7 Å². The second-order valence-electron chi connectivity index (χ2n) is 4.73. The molecule has 110 valence electrons. The average molecular weight is 319 g/mol. The van der Waals surface area contributed by atoms with Gasteiger partial charge in [-0.2, -0.15) is 11.8 Å². The SMILES string of the molecule is CCC(CSC)n1c(C(C)Cl)nc2c(F)cc(F)cc21. The Kier molecular flexibility index (Phi) is 4.91. The molecular weight excluding hydrogens is 302 g/mol. The summed E-state index contributed by atoms with van der Waals surface area (Å²) in [5.41, 5.74) is 0.666. The topological polar surface area (TPSA) is 17.8 Å². The first kappa shape index (κ1) is 15.6. The maximum absolute atomic E-state index is 13.9. The Labute approximate surface area is 126 Å². The van der Waals surface area contributed by atoms with Crippen molar-refractivity contribution in [2.75, 3.05) is 12.0 Å². The number of nitrogens with zero attached hydrogens (tertiary/aromatic N) is 2. The number of fused-ring (bicyclic) bond motifs is 1. The lowest BCUT2D eigenvalue weighted by Crippen LogP contribution is -2.14. The van der Waals surface area contributed by atoms with Crippen LogP contribution in [0.3, 0.4) is 0 Å². The summed E-state index contributed by atoms with van der Waals surface area (Å²) < 4.78 is 29.3. The second-order valence-corrected chi connectivity index (χ2v) is 6.29. The molecule has 0 saturated heterocycles. The molecule has 1 heterocycles. The van der Waals surface area contributed by atoms with Crippen LogP contribution in [0.4, 0.5) is 8.78 Å². The summed E-state index contributed by atoms with van der Waals surface area (Å²) in [4.78, 5) is 4.28. The van der Waals surface area contributed by atoms with E-state index in [4.69, 9.17) is 11.6 Å². The highest BCUT2D eigenvalue weighted by molar-refractivity contribution is 7.98. The van der Waals surface area contributed by atoms with Gasteiger partial charge in [-0.15, -0.1) is 11.6 Å². The van der Waals surface area contributed by atoms with Crippen molar-refractivity contribution < 1.29 is 8.78 Å². The van der Waals surface area contributed by atoms with Gasteiger partial charge in [-0.05, 0) is 25.7 Å². The van der Waals surface area contributed by atoms with Gasteiger partial charge < -0.3 is 4.57 Å². The molecular formula is C14H17ClF2N2S. The summed E-state index contributed by atoms with van der Waals surface area (Å²) in [5.74, 6) is 0.198. The third-order valence-corrected chi connectivity index (χ3v) is 4.21. The highest BCUT2D eigenvalue weighted by Gasteiger charge is 2.22. The second kappa shape index (κ2) is 6.31. The first-order valence-electron chi connectivity index (χ1n) is 6.49. The van der Waals surface area contributed by atoms with Crippen LogP contribution in [0.15, 0.2) is 12.1 Å². The Bertz CT molecular complexity index is 613. The molecule has 1 aromatic carbocycles. The van der Waals surface area contributed by atoms with E-state index in [0.717, 1.165) is 18.2 Å². The summed E-state index contributed by atoms with van der Waals surface area (Å²) in [5, 5.41) is -0.360. The minimum atomic E-state index is -0.642. The Hall–Kier alpha value is -0.810. The van der Waals surface area contributed by atoms with Crippen molar-refractivity contribution in [2.24, 2.45) is 0 Å². The van der Waals surface area contributed by atoms with Crippen LogP contribution in [0, 0.1) is 11.6 Å². The molecule has 2 unspecified atom stereocenters. The summed E-state index contributed by atoms with van der Waals surface area (Å²) in [6.07, 6.45) is 2.85. The predicted molar refractivity (Wildman–Crippen MR) is 81.6 cm³/mol. The van der Waals surface area contributed by atoms with Crippen molar-refractivity contribution in [3.8, 4) is 0 Å². The van der Waals surface area contributed by atoms with Crippen molar-refractivity contribution in [3.63, 3.8) is 0 Å². The number of rotatable bonds is 5. The smallest absolute Gasteiger partial charge is 0.153 e. The number of halogens is 3. The number of thioether (sulfide) groups is 1. The number of imidazole rings is 1. The lowest BCUT2D eigenvalue weighted by molar-refractivity contribution is 0.528. The maximum Gasteiger partial charge on any atom is 0.153 e.